The fourth-order valence-corrected chi connectivity index (χ4v) is 3.91. The van der Waals surface area contributed by atoms with Crippen molar-refractivity contribution in [3.8, 4) is 5.75 Å². The monoisotopic (exact) mass is 274 g/mol. The molecule has 1 aromatic rings. The van der Waals surface area contributed by atoms with E-state index in [1.165, 1.54) is 55.6 Å². The maximum Gasteiger partial charge on any atom is 0.126 e. The van der Waals surface area contributed by atoms with Gasteiger partial charge in [-0.15, -0.1) is 0 Å². The Bertz CT molecular complexity index is 486. The Morgan fingerprint density at radius 1 is 1.15 bits per heavy atom. The first-order chi connectivity index (χ1) is 9.70. The van der Waals surface area contributed by atoms with E-state index in [1.54, 1.807) is 7.11 Å². The normalized spacial score (nSPS) is 26.4. The van der Waals surface area contributed by atoms with Gasteiger partial charge in [0.05, 0.1) is 7.11 Å². The van der Waals surface area contributed by atoms with Crippen LogP contribution in [0.4, 0.5) is 5.69 Å². The average Bonchev–Trinajstić information content (AvgIpc) is 2.86. The van der Waals surface area contributed by atoms with E-state index in [1.807, 2.05) is 0 Å². The molecule has 2 aliphatic rings. The molecule has 2 fully saturated rings. The molecule has 3 nitrogen and oxygen atoms in total. The number of ether oxygens (including phenoxy) is 1. The molecule has 3 rings (SSSR count). The van der Waals surface area contributed by atoms with Crippen molar-refractivity contribution in [1.82, 2.24) is 4.90 Å². The largest absolute Gasteiger partial charge is 0.496 e. The third kappa shape index (κ3) is 2.39. The average molecular weight is 274 g/mol. The molecule has 0 saturated carbocycles. The topological polar surface area (TPSA) is 24.5 Å². The molecule has 2 saturated heterocycles. The van der Waals surface area contributed by atoms with Crippen molar-refractivity contribution in [2.24, 2.45) is 0 Å². The highest BCUT2D eigenvalue weighted by Gasteiger charge is 2.35. The second kappa shape index (κ2) is 5.65. The summed E-state index contributed by atoms with van der Waals surface area (Å²) in [7, 11) is 1.76. The van der Waals surface area contributed by atoms with E-state index in [0.29, 0.717) is 6.04 Å². The van der Waals surface area contributed by atoms with Crippen LogP contribution in [-0.2, 0) is 0 Å². The molecule has 2 atom stereocenters. The summed E-state index contributed by atoms with van der Waals surface area (Å²) in [5, 5.41) is 3.79. The lowest BCUT2D eigenvalue weighted by Gasteiger charge is -2.33. The summed E-state index contributed by atoms with van der Waals surface area (Å²) >= 11 is 0. The van der Waals surface area contributed by atoms with Crippen LogP contribution in [0.3, 0.4) is 0 Å². The first-order valence-electron chi connectivity index (χ1n) is 7.85. The number of nitrogens with one attached hydrogen (secondary N) is 1. The second-order valence-electron chi connectivity index (χ2n) is 6.23. The first kappa shape index (κ1) is 13.7. The quantitative estimate of drug-likeness (QED) is 0.915. The van der Waals surface area contributed by atoms with Crippen molar-refractivity contribution in [3.63, 3.8) is 0 Å². The third-order valence-corrected chi connectivity index (χ3v) is 5.00. The Hall–Kier alpha value is -1.22. The van der Waals surface area contributed by atoms with Gasteiger partial charge in [-0.2, -0.15) is 0 Å². The van der Waals surface area contributed by atoms with E-state index in [9.17, 15) is 0 Å². The van der Waals surface area contributed by atoms with Gasteiger partial charge >= 0.3 is 0 Å². The Balaban J connectivity index is 1.78. The van der Waals surface area contributed by atoms with E-state index in [2.05, 4.69) is 36.2 Å². The van der Waals surface area contributed by atoms with E-state index in [-0.39, 0.29) is 0 Å². The number of fused-ring (bicyclic) bond motifs is 1. The molecule has 0 bridgehead atoms. The number of hydrogen-bond donors (Lipinski definition) is 1. The molecule has 0 spiro atoms. The van der Waals surface area contributed by atoms with Crippen LogP contribution in [0.1, 0.15) is 36.8 Å². The number of hydrogen-bond acceptors (Lipinski definition) is 3. The van der Waals surface area contributed by atoms with Crippen molar-refractivity contribution in [3.05, 3.63) is 23.3 Å². The zero-order valence-electron chi connectivity index (χ0n) is 12.9. The SMILES string of the molecule is COc1c(C)ccc(NC2CCN3CCCCC23)c1C. The van der Waals surface area contributed by atoms with E-state index >= 15 is 0 Å². The summed E-state index contributed by atoms with van der Waals surface area (Å²) in [5.41, 5.74) is 3.69. The number of nitrogens with zero attached hydrogens (tertiary/aromatic N) is 1. The first-order valence-corrected chi connectivity index (χ1v) is 7.85. The van der Waals surface area contributed by atoms with Crippen LogP contribution in [0.2, 0.25) is 0 Å². The fraction of sp³-hybridized carbons (Fsp3) is 0.647. The van der Waals surface area contributed by atoms with Crippen LogP contribution >= 0.6 is 0 Å². The number of piperidine rings is 1. The molecule has 1 N–H and O–H groups in total. The van der Waals surface area contributed by atoms with E-state index in [0.717, 1.165) is 11.8 Å². The van der Waals surface area contributed by atoms with Crippen LogP contribution in [0.5, 0.6) is 5.75 Å². The fourth-order valence-electron chi connectivity index (χ4n) is 3.91. The highest BCUT2D eigenvalue weighted by molar-refractivity contribution is 5.60. The molecule has 2 aliphatic heterocycles. The predicted octanol–water partition coefficient (Wildman–Crippen LogP) is 3.35. The number of rotatable bonds is 3. The second-order valence-corrected chi connectivity index (χ2v) is 6.23. The van der Waals surface area contributed by atoms with Gasteiger partial charge in [-0.05, 0) is 51.3 Å². The van der Waals surface area contributed by atoms with Crippen molar-refractivity contribution in [2.45, 2.75) is 51.6 Å². The molecule has 1 aromatic carbocycles. The van der Waals surface area contributed by atoms with Crippen LogP contribution in [0.25, 0.3) is 0 Å². The Morgan fingerprint density at radius 2 is 2.00 bits per heavy atom. The maximum absolute atomic E-state index is 5.54. The lowest BCUT2D eigenvalue weighted by Crippen LogP contribution is -2.41. The molecular weight excluding hydrogens is 248 g/mol. The van der Waals surface area contributed by atoms with Gasteiger partial charge in [0.1, 0.15) is 5.75 Å². The van der Waals surface area contributed by atoms with Crippen molar-refractivity contribution in [2.75, 3.05) is 25.5 Å². The summed E-state index contributed by atoms with van der Waals surface area (Å²) < 4.78 is 5.54. The Morgan fingerprint density at radius 3 is 2.80 bits per heavy atom. The lowest BCUT2D eigenvalue weighted by molar-refractivity contribution is 0.192. The zero-order valence-corrected chi connectivity index (χ0v) is 12.9. The molecule has 20 heavy (non-hydrogen) atoms. The minimum Gasteiger partial charge on any atom is -0.496 e. The standard InChI is InChI=1S/C17H26N2O/c1-12-7-8-14(13(2)17(12)20-3)18-15-9-11-19-10-5-4-6-16(15)19/h7-8,15-16,18H,4-6,9-11H2,1-3H3. The zero-order chi connectivity index (χ0) is 14.1. The molecule has 0 aromatic heterocycles. The number of benzene rings is 1. The van der Waals surface area contributed by atoms with Crippen LogP contribution in [0.15, 0.2) is 12.1 Å². The Labute approximate surface area is 122 Å². The van der Waals surface area contributed by atoms with Crippen LogP contribution < -0.4 is 10.1 Å². The summed E-state index contributed by atoms with van der Waals surface area (Å²) in [6.45, 7) is 6.80. The molecule has 3 heteroatoms. The molecule has 0 radical (unpaired) electrons. The minimum absolute atomic E-state index is 0.599. The van der Waals surface area contributed by atoms with Gasteiger partial charge in [-0.25, -0.2) is 0 Å². The Kier molecular flexibility index (Phi) is 3.88. The van der Waals surface area contributed by atoms with E-state index < -0.39 is 0 Å². The van der Waals surface area contributed by atoms with E-state index in [4.69, 9.17) is 4.74 Å². The lowest BCUT2D eigenvalue weighted by atomic mass is 9.98. The van der Waals surface area contributed by atoms with Gasteiger partial charge in [0.2, 0.25) is 0 Å². The minimum atomic E-state index is 0.599. The molecular formula is C17H26N2O. The van der Waals surface area contributed by atoms with Gasteiger partial charge in [0, 0.05) is 29.9 Å². The summed E-state index contributed by atoms with van der Waals surface area (Å²) in [4.78, 5) is 2.67. The third-order valence-electron chi connectivity index (χ3n) is 5.00. The number of aryl methyl sites for hydroxylation is 1. The highest BCUT2D eigenvalue weighted by Crippen LogP contribution is 2.33. The summed E-state index contributed by atoms with van der Waals surface area (Å²) in [5.74, 6) is 1.02. The molecule has 110 valence electrons. The molecule has 2 heterocycles. The summed E-state index contributed by atoms with van der Waals surface area (Å²) in [6, 6.07) is 5.69. The summed E-state index contributed by atoms with van der Waals surface area (Å²) in [6.07, 6.45) is 5.37. The van der Waals surface area contributed by atoms with Crippen molar-refractivity contribution >= 4 is 5.69 Å². The van der Waals surface area contributed by atoms with Gasteiger partial charge in [-0.1, -0.05) is 12.5 Å². The number of methoxy groups -OCH3 is 1. The van der Waals surface area contributed by atoms with Crippen LogP contribution in [-0.4, -0.2) is 37.2 Å². The number of anilines is 1. The predicted molar refractivity (Wildman–Crippen MR) is 83.7 cm³/mol. The van der Waals surface area contributed by atoms with Gasteiger partial charge in [-0.3, -0.25) is 4.90 Å². The van der Waals surface area contributed by atoms with Gasteiger partial charge in [0.25, 0.3) is 0 Å². The van der Waals surface area contributed by atoms with Crippen molar-refractivity contribution < 1.29 is 4.74 Å². The molecule has 0 aliphatic carbocycles. The van der Waals surface area contributed by atoms with Crippen LogP contribution in [0, 0.1) is 13.8 Å². The maximum atomic E-state index is 5.54. The highest BCUT2D eigenvalue weighted by atomic mass is 16.5. The molecule has 2 unspecified atom stereocenters. The van der Waals surface area contributed by atoms with Gasteiger partial charge < -0.3 is 10.1 Å². The van der Waals surface area contributed by atoms with Crippen molar-refractivity contribution in [1.29, 1.82) is 0 Å². The molecule has 0 amide bonds. The van der Waals surface area contributed by atoms with Gasteiger partial charge in [0.15, 0.2) is 0 Å². The smallest absolute Gasteiger partial charge is 0.126 e.